The molecule has 21 heavy (non-hydrogen) atoms. The van der Waals surface area contributed by atoms with Gasteiger partial charge in [-0.05, 0) is 19.3 Å². The third-order valence-electron chi connectivity index (χ3n) is 3.84. The van der Waals surface area contributed by atoms with Crippen molar-refractivity contribution in [3.63, 3.8) is 0 Å². The van der Waals surface area contributed by atoms with Crippen molar-refractivity contribution in [2.24, 2.45) is 13.0 Å². The summed E-state index contributed by atoms with van der Waals surface area (Å²) >= 11 is 0. The predicted octanol–water partition coefficient (Wildman–Crippen LogP) is 0.375. The van der Waals surface area contributed by atoms with Crippen molar-refractivity contribution < 1.29 is 4.74 Å². The first-order valence-electron chi connectivity index (χ1n) is 7.30. The van der Waals surface area contributed by atoms with E-state index in [1.165, 1.54) is 11.6 Å². The minimum Gasteiger partial charge on any atom is -0.383 e. The van der Waals surface area contributed by atoms with Crippen LogP contribution in [0.15, 0.2) is 9.59 Å². The molecule has 1 aliphatic rings. The van der Waals surface area contributed by atoms with Gasteiger partial charge in [0.15, 0.2) is 0 Å². The van der Waals surface area contributed by atoms with Crippen LogP contribution in [0.5, 0.6) is 0 Å². The maximum Gasteiger partial charge on any atom is 0.332 e. The molecule has 3 N–H and O–H groups in total. The fourth-order valence-electron chi connectivity index (χ4n) is 2.57. The van der Waals surface area contributed by atoms with Gasteiger partial charge < -0.3 is 15.8 Å². The van der Waals surface area contributed by atoms with E-state index in [1.54, 1.807) is 0 Å². The molecular formula is C14H24N4O3. The van der Waals surface area contributed by atoms with Crippen molar-refractivity contribution in [1.82, 2.24) is 9.13 Å². The first-order valence-corrected chi connectivity index (χ1v) is 7.30. The summed E-state index contributed by atoms with van der Waals surface area (Å²) in [5.74, 6) is 0.458. The van der Waals surface area contributed by atoms with Gasteiger partial charge in [-0.25, -0.2) is 4.79 Å². The molecular weight excluding hydrogens is 272 g/mol. The Balaban J connectivity index is 2.47. The summed E-state index contributed by atoms with van der Waals surface area (Å²) in [7, 11) is 1.47. The average Bonchev–Trinajstić information content (AvgIpc) is 2.82. The molecule has 1 fully saturated rings. The molecule has 1 saturated heterocycles. The molecule has 0 amide bonds. The van der Waals surface area contributed by atoms with E-state index in [-0.39, 0.29) is 29.6 Å². The number of ether oxygens (including phenoxy) is 1. The molecule has 0 spiro atoms. The number of nitrogens with one attached hydrogen (secondary N) is 1. The van der Waals surface area contributed by atoms with Crippen LogP contribution in [0.2, 0.25) is 0 Å². The molecule has 0 aromatic carbocycles. The minimum absolute atomic E-state index is 0.0135. The molecule has 1 aliphatic heterocycles. The third kappa shape index (κ3) is 2.97. The zero-order valence-corrected chi connectivity index (χ0v) is 13.0. The van der Waals surface area contributed by atoms with Crippen molar-refractivity contribution in [1.29, 1.82) is 0 Å². The van der Waals surface area contributed by atoms with E-state index < -0.39 is 5.56 Å². The molecule has 0 saturated carbocycles. The van der Waals surface area contributed by atoms with Gasteiger partial charge in [0.05, 0.1) is 12.1 Å². The van der Waals surface area contributed by atoms with Crippen LogP contribution in [-0.4, -0.2) is 27.9 Å². The molecule has 7 nitrogen and oxygen atoms in total. The maximum atomic E-state index is 12.3. The van der Waals surface area contributed by atoms with Gasteiger partial charge in [-0.1, -0.05) is 13.8 Å². The first-order chi connectivity index (χ1) is 9.82. The Bertz CT molecular complexity index is 632. The van der Waals surface area contributed by atoms with Crippen LogP contribution in [0.25, 0.3) is 0 Å². The van der Waals surface area contributed by atoms with Crippen LogP contribution in [-0.2, 0) is 18.3 Å². The van der Waals surface area contributed by atoms with Crippen LogP contribution in [0.4, 0.5) is 11.5 Å². The Morgan fingerprint density at radius 3 is 2.62 bits per heavy atom. The molecule has 7 heteroatoms. The Labute approximate surface area is 123 Å². The van der Waals surface area contributed by atoms with E-state index in [0.29, 0.717) is 18.8 Å². The van der Waals surface area contributed by atoms with Gasteiger partial charge in [-0.15, -0.1) is 0 Å². The van der Waals surface area contributed by atoms with Crippen LogP contribution < -0.4 is 22.3 Å². The highest BCUT2D eigenvalue weighted by Crippen LogP contribution is 2.20. The highest BCUT2D eigenvalue weighted by Gasteiger charge is 2.27. The monoisotopic (exact) mass is 296 g/mol. The van der Waals surface area contributed by atoms with Crippen LogP contribution in [0.1, 0.15) is 27.2 Å². The molecule has 2 atom stereocenters. The second kappa shape index (κ2) is 5.93. The number of nitrogens with zero attached hydrogens (tertiary/aromatic N) is 2. The van der Waals surface area contributed by atoms with E-state index in [2.05, 4.69) is 5.32 Å². The molecule has 2 unspecified atom stereocenters. The maximum absolute atomic E-state index is 12.3. The second-order valence-corrected chi connectivity index (χ2v) is 6.03. The van der Waals surface area contributed by atoms with Gasteiger partial charge in [0.25, 0.3) is 5.56 Å². The first kappa shape index (κ1) is 15.6. The van der Waals surface area contributed by atoms with Gasteiger partial charge >= 0.3 is 5.69 Å². The molecule has 0 aliphatic carbocycles. The lowest BCUT2D eigenvalue weighted by molar-refractivity contribution is 0.121. The quantitative estimate of drug-likeness (QED) is 0.838. The molecule has 2 rings (SSSR count). The van der Waals surface area contributed by atoms with Gasteiger partial charge in [0.2, 0.25) is 0 Å². The van der Waals surface area contributed by atoms with E-state index in [0.717, 1.165) is 11.0 Å². The van der Waals surface area contributed by atoms with Gasteiger partial charge in [-0.2, -0.15) is 0 Å². The zero-order chi connectivity index (χ0) is 15.7. The van der Waals surface area contributed by atoms with Crippen LogP contribution in [0, 0.1) is 5.92 Å². The lowest BCUT2D eigenvalue weighted by Gasteiger charge is -2.21. The summed E-state index contributed by atoms with van der Waals surface area (Å²) in [6.07, 6.45) is 0.826. The van der Waals surface area contributed by atoms with Crippen molar-refractivity contribution in [3.8, 4) is 0 Å². The third-order valence-corrected chi connectivity index (χ3v) is 3.84. The predicted molar refractivity (Wildman–Crippen MR) is 82.6 cm³/mol. The second-order valence-electron chi connectivity index (χ2n) is 6.03. The molecule has 0 radical (unpaired) electrons. The number of nitrogen functional groups attached to an aromatic ring is 1. The zero-order valence-electron chi connectivity index (χ0n) is 13.0. The number of aromatic nitrogens is 2. The average molecular weight is 296 g/mol. The van der Waals surface area contributed by atoms with Gasteiger partial charge in [0, 0.05) is 20.2 Å². The topological polar surface area (TPSA) is 91.3 Å². The lowest BCUT2D eigenvalue weighted by atomic mass is 10.1. The van der Waals surface area contributed by atoms with Gasteiger partial charge in [0.1, 0.15) is 11.5 Å². The van der Waals surface area contributed by atoms with Crippen LogP contribution in [0.3, 0.4) is 0 Å². The number of rotatable bonds is 4. The molecule has 118 valence electrons. The Morgan fingerprint density at radius 1 is 1.43 bits per heavy atom. The molecule has 1 aromatic rings. The Morgan fingerprint density at radius 2 is 2.10 bits per heavy atom. The van der Waals surface area contributed by atoms with Crippen molar-refractivity contribution in [2.75, 3.05) is 17.7 Å². The van der Waals surface area contributed by atoms with Crippen molar-refractivity contribution in [2.45, 2.75) is 45.9 Å². The largest absolute Gasteiger partial charge is 0.383 e. The fourth-order valence-corrected chi connectivity index (χ4v) is 2.57. The summed E-state index contributed by atoms with van der Waals surface area (Å²) in [6.45, 7) is 7.08. The van der Waals surface area contributed by atoms with Gasteiger partial charge in [-0.3, -0.25) is 13.9 Å². The summed E-state index contributed by atoms with van der Waals surface area (Å²) in [5, 5.41) is 3.17. The summed E-state index contributed by atoms with van der Waals surface area (Å²) in [4.78, 5) is 24.5. The SMILES string of the molecule is CC(C)Cn1c(N)c(NC2CCOC2C)c(=O)n(C)c1=O. The van der Waals surface area contributed by atoms with E-state index >= 15 is 0 Å². The number of hydrogen-bond acceptors (Lipinski definition) is 5. The fraction of sp³-hybridized carbons (Fsp3) is 0.714. The number of nitrogens with two attached hydrogens (primary N) is 1. The van der Waals surface area contributed by atoms with E-state index in [9.17, 15) is 9.59 Å². The van der Waals surface area contributed by atoms with Crippen LogP contribution >= 0.6 is 0 Å². The smallest absolute Gasteiger partial charge is 0.332 e. The van der Waals surface area contributed by atoms with Crippen molar-refractivity contribution in [3.05, 3.63) is 20.8 Å². The van der Waals surface area contributed by atoms with E-state index in [1.807, 2.05) is 20.8 Å². The molecule has 0 bridgehead atoms. The molecule has 1 aromatic heterocycles. The minimum atomic E-state index is -0.392. The van der Waals surface area contributed by atoms with Crippen molar-refractivity contribution >= 4 is 11.5 Å². The Hall–Kier alpha value is -1.76. The standard InChI is InChI=1S/C14H24N4O3/c1-8(2)7-18-12(15)11(13(19)17(4)14(18)20)16-10-5-6-21-9(10)3/h8-10,16H,5-7,15H2,1-4H3. The van der Waals surface area contributed by atoms with E-state index in [4.69, 9.17) is 10.5 Å². The highest BCUT2D eigenvalue weighted by atomic mass is 16.5. The summed E-state index contributed by atoms with van der Waals surface area (Å²) in [5.41, 5.74) is 5.59. The molecule has 2 heterocycles. The Kier molecular flexibility index (Phi) is 4.41. The number of anilines is 2. The summed E-state index contributed by atoms with van der Waals surface area (Å²) < 4.78 is 8.04. The highest BCUT2D eigenvalue weighted by molar-refractivity contribution is 5.61. The normalized spacial score (nSPS) is 22.0. The lowest BCUT2D eigenvalue weighted by Crippen LogP contribution is -2.43. The number of hydrogen-bond donors (Lipinski definition) is 2. The summed E-state index contributed by atoms with van der Waals surface area (Å²) in [6, 6.07) is 0.0324.